The molecule has 0 N–H and O–H groups in total. The molecule has 1 nitrogen and oxygen atoms in total. The Balaban J connectivity index is 2.92. The maximum absolute atomic E-state index is 10.8. The highest BCUT2D eigenvalue weighted by Gasteiger charge is 2.21. The predicted molar refractivity (Wildman–Crippen MR) is 55.5 cm³/mol. The first kappa shape index (κ1) is 10.2. The monoisotopic (exact) mass is 178 g/mol. The van der Waals surface area contributed by atoms with Crippen molar-refractivity contribution in [1.29, 1.82) is 0 Å². The van der Waals surface area contributed by atoms with Crippen LogP contribution in [0.3, 0.4) is 0 Å². The fraction of sp³-hybridized carbons (Fsp3) is 0.583. The van der Waals surface area contributed by atoms with Crippen molar-refractivity contribution < 1.29 is 4.79 Å². The van der Waals surface area contributed by atoms with E-state index < -0.39 is 0 Å². The Bertz CT molecular complexity index is 248. The van der Waals surface area contributed by atoms with Crippen LogP contribution in [0.15, 0.2) is 23.3 Å². The van der Waals surface area contributed by atoms with Gasteiger partial charge in [0.25, 0.3) is 0 Å². The average Bonchev–Trinajstić information content (AvgIpc) is 2.18. The number of rotatable bonds is 3. The van der Waals surface area contributed by atoms with Crippen molar-refractivity contribution in [3.05, 3.63) is 23.3 Å². The van der Waals surface area contributed by atoms with Crippen LogP contribution in [0, 0.1) is 11.8 Å². The zero-order chi connectivity index (χ0) is 9.84. The van der Waals surface area contributed by atoms with Crippen molar-refractivity contribution in [2.24, 2.45) is 11.8 Å². The third-order valence-corrected chi connectivity index (χ3v) is 2.96. The van der Waals surface area contributed by atoms with Crippen LogP contribution in [-0.2, 0) is 4.79 Å². The minimum Gasteiger partial charge on any atom is -0.298 e. The van der Waals surface area contributed by atoms with E-state index in [1.54, 1.807) is 0 Å². The molecule has 1 heteroatoms. The molecule has 0 aromatic heterocycles. The SMILES string of the molecule is CCC1=CC(CC)C(C)C(C=O)=C1. The molecule has 0 aromatic carbocycles. The fourth-order valence-corrected chi connectivity index (χ4v) is 1.89. The number of hydrogen-bond acceptors (Lipinski definition) is 1. The minimum absolute atomic E-state index is 0.401. The predicted octanol–water partition coefficient (Wildman–Crippen LogP) is 3.12. The molecule has 2 atom stereocenters. The number of carbonyl (C=O) groups is 1. The number of carbonyl (C=O) groups excluding carboxylic acids is 1. The summed E-state index contributed by atoms with van der Waals surface area (Å²) in [4.78, 5) is 10.8. The van der Waals surface area contributed by atoms with Crippen molar-refractivity contribution in [2.75, 3.05) is 0 Å². The van der Waals surface area contributed by atoms with Gasteiger partial charge in [-0.25, -0.2) is 0 Å². The summed E-state index contributed by atoms with van der Waals surface area (Å²) < 4.78 is 0. The van der Waals surface area contributed by atoms with Crippen LogP contribution in [0.25, 0.3) is 0 Å². The van der Waals surface area contributed by atoms with E-state index in [-0.39, 0.29) is 0 Å². The molecule has 72 valence electrons. The van der Waals surface area contributed by atoms with Gasteiger partial charge in [0, 0.05) is 0 Å². The molecule has 1 aliphatic carbocycles. The summed E-state index contributed by atoms with van der Waals surface area (Å²) in [5.74, 6) is 0.956. The largest absolute Gasteiger partial charge is 0.298 e. The highest BCUT2D eigenvalue weighted by molar-refractivity contribution is 5.75. The molecule has 0 aliphatic heterocycles. The molecular weight excluding hydrogens is 160 g/mol. The van der Waals surface area contributed by atoms with Gasteiger partial charge in [0.2, 0.25) is 0 Å². The maximum atomic E-state index is 10.8. The zero-order valence-corrected chi connectivity index (χ0v) is 8.71. The topological polar surface area (TPSA) is 17.1 Å². The lowest BCUT2D eigenvalue weighted by atomic mass is 9.80. The first-order chi connectivity index (χ1) is 6.22. The van der Waals surface area contributed by atoms with Crippen molar-refractivity contribution in [2.45, 2.75) is 33.6 Å². The molecular formula is C12H18O. The van der Waals surface area contributed by atoms with E-state index in [2.05, 4.69) is 26.8 Å². The smallest absolute Gasteiger partial charge is 0.146 e. The van der Waals surface area contributed by atoms with Crippen molar-refractivity contribution in [3.63, 3.8) is 0 Å². The minimum atomic E-state index is 0.401. The Labute approximate surface area is 80.5 Å². The first-order valence-electron chi connectivity index (χ1n) is 5.10. The Morgan fingerprint density at radius 3 is 2.62 bits per heavy atom. The number of aldehydes is 1. The van der Waals surface area contributed by atoms with Crippen LogP contribution in [0.5, 0.6) is 0 Å². The molecule has 0 amide bonds. The molecule has 13 heavy (non-hydrogen) atoms. The van der Waals surface area contributed by atoms with E-state index in [9.17, 15) is 4.79 Å². The Morgan fingerprint density at radius 1 is 1.46 bits per heavy atom. The van der Waals surface area contributed by atoms with Crippen LogP contribution in [0.1, 0.15) is 33.6 Å². The van der Waals surface area contributed by atoms with Gasteiger partial charge in [0.1, 0.15) is 6.29 Å². The fourth-order valence-electron chi connectivity index (χ4n) is 1.89. The van der Waals surface area contributed by atoms with Gasteiger partial charge >= 0.3 is 0 Å². The summed E-state index contributed by atoms with van der Waals surface area (Å²) in [6, 6.07) is 0. The van der Waals surface area contributed by atoms with Gasteiger partial charge in [-0.3, -0.25) is 4.79 Å². The quantitative estimate of drug-likeness (QED) is 0.607. The summed E-state index contributed by atoms with van der Waals surface area (Å²) in [6.45, 7) is 6.45. The molecule has 0 spiro atoms. The van der Waals surface area contributed by atoms with Crippen LogP contribution in [0.2, 0.25) is 0 Å². The number of hydrogen-bond donors (Lipinski definition) is 0. The van der Waals surface area contributed by atoms with Crippen LogP contribution < -0.4 is 0 Å². The summed E-state index contributed by atoms with van der Waals surface area (Å²) in [5, 5.41) is 0. The highest BCUT2D eigenvalue weighted by atomic mass is 16.1. The molecule has 0 saturated carbocycles. The molecule has 1 rings (SSSR count). The third kappa shape index (κ3) is 2.09. The van der Waals surface area contributed by atoms with Crippen LogP contribution in [0.4, 0.5) is 0 Å². The molecule has 0 aromatic rings. The molecule has 2 unspecified atom stereocenters. The lowest BCUT2D eigenvalue weighted by Gasteiger charge is -2.25. The second-order valence-corrected chi connectivity index (χ2v) is 3.72. The Kier molecular flexibility index (Phi) is 3.47. The van der Waals surface area contributed by atoms with Gasteiger partial charge in [-0.05, 0) is 30.3 Å². The van der Waals surface area contributed by atoms with Gasteiger partial charge in [0.15, 0.2) is 0 Å². The van der Waals surface area contributed by atoms with Gasteiger partial charge in [0.05, 0.1) is 0 Å². The van der Waals surface area contributed by atoms with Crippen LogP contribution in [-0.4, -0.2) is 6.29 Å². The van der Waals surface area contributed by atoms with E-state index in [1.807, 2.05) is 6.08 Å². The van der Waals surface area contributed by atoms with Crippen molar-refractivity contribution >= 4 is 6.29 Å². The lowest BCUT2D eigenvalue weighted by Crippen LogP contribution is -2.16. The standard InChI is InChI=1S/C12H18O/c1-4-10-6-11(5-2)9(3)12(7-10)8-13/h6-9,11H,4-5H2,1-3H3. The molecule has 0 saturated heterocycles. The van der Waals surface area contributed by atoms with Gasteiger partial charge < -0.3 is 0 Å². The van der Waals surface area contributed by atoms with Crippen molar-refractivity contribution in [3.8, 4) is 0 Å². The van der Waals surface area contributed by atoms with Crippen LogP contribution >= 0.6 is 0 Å². The second kappa shape index (κ2) is 4.40. The van der Waals surface area contributed by atoms with Crippen molar-refractivity contribution in [1.82, 2.24) is 0 Å². The molecule has 1 aliphatic rings. The molecule has 0 fully saturated rings. The Hall–Kier alpha value is -0.850. The summed E-state index contributed by atoms with van der Waals surface area (Å²) in [7, 11) is 0. The lowest BCUT2D eigenvalue weighted by molar-refractivity contribution is -0.105. The van der Waals surface area contributed by atoms with E-state index in [0.29, 0.717) is 11.8 Å². The highest BCUT2D eigenvalue weighted by Crippen LogP contribution is 2.30. The van der Waals surface area contributed by atoms with Gasteiger partial charge in [-0.1, -0.05) is 38.5 Å². The van der Waals surface area contributed by atoms with Gasteiger partial charge in [-0.2, -0.15) is 0 Å². The van der Waals surface area contributed by atoms with E-state index in [1.165, 1.54) is 5.57 Å². The Morgan fingerprint density at radius 2 is 2.15 bits per heavy atom. The van der Waals surface area contributed by atoms with Gasteiger partial charge in [-0.15, -0.1) is 0 Å². The van der Waals surface area contributed by atoms with E-state index in [4.69, 9.17) is 0 Å². The summed E-state index contributed by atoms with van der Waals surface area (Å²) >= 11 is 0. The number of allylic oxidation sites excluding steroid dienone is 4. The first-order valence-corrected chi connectivity index (χ1v) is 5.10. The maximum Gasteiger partial charge on any atom is 0.146 e. The third-order valence-electron chi connectivity index (χ3n) is 2.96. The molecule has 0 bridgehead atoms. The zero-order valence-electron chi connectivity index (χ0n) is 8.71. The van der Waals surface area contributed by atoms with E-state index >= 15 is 0 Å². The average molecular weight is 178 g/mol. The summed E-state index contributed by atoms with van der Waals surface area (Å²) in [6.07, 6.45) is 7.52. The summed E-state index contributed by atoms with van der Waals surface area (Å²) in [5.41, 5.74) is 2.28. The normalized spacial score (nSPS) is 27.9. The second-order valence-electron chi connectivity index (χ2n) is 3.72. The molecule has 0 heterocycles. The van der Waals surface area contributed by atoms with E-state index in [0.717, 1.165) is 24.7 Å². The molecule has 0 radical (unpaired) electrons.